The van der Waals surface area contributed by atoms with Gasteiger partial charge in [-0.25, -0.2) is 8.42 Å². The summed E-state index contributed by atoms with van der Waals surface area (Å²) in [4.78, 5) is 0.301. The Morgan fingerprint density at radius 2 is 1.56 bits per heavy atom. The van der Waals surface area contributed by atoms with Crippen LogP contribution in [0.3, 0.4) is 0 Å². The first-order valence-corrected chi connectivity index (χ1v) is 12.8. The van der Waals surface area contributed by atoms with Gasteiger partial charge in [0.15, 0.2) is 9.84 Å². The summed E-state index contributed by atoms with van der Waals surface area (Å²) in [5, 5.41) is 1.76. The Labute approximate surface area is 195 Å². The first-order chi connectivity index (χ1) is 15.2. The van der Waals surface area contributed by atoms with E-state index in [0.29, 0.717) is 16.5 Å². The number of benzene rings is 3. The van der Waals surface area contributed by atoms with Crippen LogP contribution in [0.15, 0.2) is 83.8 Å². The Balaban J connectivity index is 1.76. The lowest BCUT2D eigenvalue weighted by atomic mass is 10.1. The molecular weight excluding hydrogens is 461 g/mol. The van der Waals surface area contributed by atoms with E-state index in [1.54, 1.807) is 24.3 Å². The largest absolute Gasteiger partial charge is 0.489 e. The van der Waals surface area contributed by atoms with Crippen molar-refractivity contribution in [2.75, 3.05) is 6.26 Å². The molecule has 4 rings (SSSR count). The topological polar surface area (TPSA) is 48.3 Å². The van der Waals surface area contributed by atoms with E-state index < -0.39 is 9.84 Å². The van der Waals surface area contributed by atoms with Crippen molar-refractivity contribution in [3.8, 4) is 22.7 Å². The van der Waals surface area contributed by atoms with Gasteiger partial charge in [-0.2, -0.15) is 0 Å². The van der Waals surface area contributed by atoms with Gasteiger partial charge in [-0.1, -0.05) is 35.9 Å². The van der Waals surface area contributed by atoms with Crippen molar-refractivity contribution in [2.45, 2.75) is 18.4 Å². The predicted octanol–water partition coefficient (Wildman–Crippen LogP) is 5.59. The van der Waals surface area contributed by atoms with Crippen LogP contribution in [0.5, 0.6) is 5.75 Å². The first-order valence-electron chi connectivity index (χ1n) is 9.98. The number of hydrogen-bond acceptors (Lipinski definition) is 3. The van der Waals surface area contributed by atoms with E-state index in [9.17, 15) is 8.42 Å². The van der Waals surface area contributed by atoms with Gasteiger partial charge >= 0.3 is 0 Å². The van der Waals surface area contributed by atoms with Crippen LogP contribution in [0.1, 0.15) is 11.3 Å². The van der Waals surface area contributed by atoms with Crippen LogP contribution in [0.25, 0.3) is 16.9 Å². The van der Waals surface area contributed by atoms with Crippen molar-refractivity contribution < 1.29 is 13.2 Å². The highest BCUT2D eigenvalue weighted by atomic mass is 35.5. The molecule has 164 valence electrons. The third-order valence-corrected chi connectivity index (χ3v) is 7.05. The van der Waals surface area contributed by atoms with Gasteiger partial charge in [0.2, 0.25) is 0 Å². The molecule has 7 heteroatoms. The second-order valence-electron chi connectivity index (χ2n) is 7.61. The van der Waals surface area contributed by atoms with Gasteiger partial charge in [0.05, 0.1) is 10.6 Å². The standard InChI is InChI=1S/C25H23ClNO3PS/c1-17-19(16-30-22-9-5-20(26)6-10-22)15-25(27(17)21-7-11-23(31)12-8-21)18-3-13-24(14-4-18)32(2,28)29/h3-15H,16,31H2,1-2H3. The molecular formula is C25H23ClNO3PS. The van der Waals surface area contributed by atoms with Crippen molar-refractivity contribution in [3.63, 3.8) is 0 Å². The number of halogens is 1. The fourth-order valence-electron chi connectivity index (χ4n) is 3.54. The molecule has 0 N–H and O–H groups in total. The fourth-order valence-corrected chi connectivity index (χ4v) is 4.49. The second-order valence-corrected chi connectivity index (χ2v) is 10.7. The Hall–Kier alpha value is -2.59. The van der Waals surface area contributed by atoms with Crippen LogP contribution in [0.4, 0.5) is 0 Å². The van der Waals surface area contributed by atoms with E-state index in [4.69, 9.17) is 16.3 Å². The molecule has 1 heterocycles. The molecule has 0 saturated carbocycles. The smallest absolute Gasteiger partial charge is 0.175 e. The molecule has 4 aromatic rings. The third-order valence-electron chi connectivity index (χ3n) is 5.29. The summed E-state index contributed by atoms with van der Waals surface area (Å²) < 4.78 is 31.9. The SMILES string of the molecule is Cc1c(COc2ccc(Cl)cc2)cc(-c2ccc(S(C)(=O)=O)cc2)n1-c1ccc(P)cc1. The maximum atomic E-state index is 11.9. The van der Waals surface area contributed by atoms with Gasteiger partial charge in [0, 0.05) is 28.2 Å². The van der Waals surface area contributed by atoms with E-state index in [-0.39, 0.29) is 0 Å². The van der Waals surface area contributed by atoms with E-state index in [2.05, 4.69) is 38.9 Å². The monoisotopic (exact) mass is 483 g/mol. The molecule has 0 aliphatic carbocycles. The summed E-state index contributed by atoms with van der Waals surface area (Å²) in [6.45, 7) is 2.46. The molecule has 0 aliphatic heterocycles. The quantitative estimate of drug-likeness (QED) is 0.336. The highest BCUT2D eigenvalue weighted by molar-refractivity contribution is 7.90. The van der Waals surface area contributed by atoms with Crippen molar-refractivity contribution in [3.05, 3.63) is 95.1 Å². The zero-order valence-corrected chi connectivity index (χ0v) is 20.5. The van der Waals surface area contributed by atoms with Crippen LogP contribution < -0.4 is 10.0 Å². The predicted molar refractivity (Wildman–Crippen MR) is 134 cm³/mol. The van der Waals surface area contributed by atoms with E-state index in [1.165, 1.54) is 6.26 Å². The van der Waals surface area contributed by atoms with E-state index in [0.717, 1.165) is 39.3 Å². The highest BCUT2D eigenvalue weighted by Gasteiger charge is 2.16. The summed E-state index contributed by atoms with van der Waals surface area (Å²) in [5.41, 5.74) is 5.00. The van der Waals surface area contributed by atoms with Crippen LogP contribution in [-0.2, 0) is 16.4 Å². The number of aromatic nitrogens is 1. The average molecular weight is 484 g/mol. The Bertz CT molecular complexity index is 1340. The summed E-state index contributed by atoms with van der Waals surface area (Å²) in [5.74, 6) is 0.743. The molecule has 32 heavy (non-hydrogen) atoms. The molecule has 0 bridgehead atoms. The molecule has 0 amide bonds. The van der Waals surface area contributed by atoms with Crippen LogP contribution in [0.2, 0.25) is 5.02 Å². The zero-order chi connectivity index (χ0) is 22.9. The Kier molecular flexibility index (Phi) is 6.43. The molecule has 0 radical (unpaired) electrons. The summed E-state index contributed by atoms with van der Waals surface area (Å²) >= 11 is 5.97. The molecule has 1 atom stereocenters. The number of rotatable bonds is 6. The van der Waals surface area contributed by atoms with Gasteiger partial charge in [-0.05, 0) is 72.4 Å². The van der Waals surface area contributed by atoms with Gasteiger partial charge in [0.1, 0.15) is 12.4 Å². The summed E-state index contributed by atoms with van der Waals surface area (Å²) in [6.07, 6.45) is 1.21. The zero-order valence-electron chi connectivity index (χ0n) is 17.7. The number of nitrogens with zero attached hydrogens (tertiary/aromatic N) is 1. The average Bonchev–Trinajstić information content (AvgIpc) is 3.10. The molecule has 1 unspecified atom stereocenters. The molecule has 0 aliphatic rings. The molecule has 4 nitrogen and oxygen atoms in total. The van der Waals surface area contributed by atoms with Crippen LogP contribution in [-0.4, -0.2) is 19.2 Å². The molecule has 1 aromatic heterocycles. The minimum absolute atomic E-state index is 0.301. The number of ether oxygens (including phenoxy) is 1. The normalized spacial score (nSPS) is 11.5. The Morgan fingerprint density at radius 3 is 2.16 bits per heavy atom. The second kappa shape index (κ2) is 9.11. The van der Waals surface area contributed by atoms with Crippen LogP contribution >= 0.6 is 20.8 Å². The molecule has 0 spiro atoms. The van der Waals surface area contributed by atoms with E-state index >= 15 is 0 Å². The van der Waals surface area contributed by atoms with Crippen molar-refractivity contribution >= 4 is 36.0 Å². The van der Waals surface area contributed by atoms with Crippen LogP contribution in [0, 0.1) is 6.92 Å². The van der Waals surface area contributed by atoms with Crippen molar-refractivity contribution in [2.24, 2.45) is 0 Å². The molecule has 0 fully saturated rings. The van der Waals surface area contributed by atoms with E-state index in [1.807, 2.05) is 36.4 Å². The maximum Gasteiger partial charge on any atom is 0.175 e. The lowest BCUT2D eigenvalue weighted by molar-refractivity contribution is 0.305. The van der Waals surface area contributed by atoms with Gasteiger partial charge < -0.3 is 9.30 Å². The fraction of sp³-hybridized carbons (Fsp3) is 0.120. The number of sulfone groups is 1. The van der Waals surface area contributed by atoms with Crippen molar-refractivity contribution in [1.29, 1.82) is 0 Å². The number of hydrogen-bond donors (Lipinski definition) is 0. The summed E-state index contributed by atoms with van der Waals surface area (Å²) in [6, 6.07) is 24.6. The lowest BCUT2D eigenvalue weighted by Gasteiger charge is -2.13. The first kappa shape index (κ1) is 22.6. The summed E-state index contributed by atoms with van der Waals surface area (Å²) in [7, 11) is -0.557. The molecule has 3 aromatic carbocycles. The third kappa shape index (κ3) is 4.91. The van der Waals surface area contributed by atoms with Gasteiger partial charge in [-0.15, -0.1) is 9.24 Å². The minimum atomic E-state index is -3.25. The van der Waals surface area contributed by atoms with Gasteiger partial charge in [-0.3, -0.25) is 0 Å². The minimum Gasteiger partial charge on any atom is -0.489 e. The lowest BCUT2D eigenvalue weighted by Crippen LogP contribution is -2.03. The molecule has 0 saturated heterocycles. The van der Waals surface area contributed by atoms with Crippen molar-refractivity contribution in [1.82, 2.24) is 4.57 Å². The van der Waals surface area contributed by atoms with Gasteiger partial charge in [0.25, 0.3) is 0 Å². The Morgan fingerprint density at radius 1 is 0.938 bits per heavy atom. The highest BCUT2D eigenvalue weighted by Crippen LogP contribution is 2.31. The maximum absolute atomic E-state index is 11.9.